The molecular formula is C8H11F3O4. The normalized spacial score (nSPS) is 13.4. The number of ketones is 1. The van der Waals surface area contributed by atoms with Gasteiger partial charge in [0.15, 0.2) is 0 Å². The maximum Gasteiger partial charge on any atom is 0.450 e. The number of carbonyl (C=O) groups excluding carboxylic acids is 2. The van der Waals surface area contributed by atoms with Gasteiger partial charge in [-0.1, -0.05) is 0 Å². The number of esters is 1. The van der Waals surface area contributed by atoms with Gasteiger partial charge in [-0.3, -0.25) is 9.59 Å². The summed E-state index contributed by atoms with van der Waals surface area (Å²) in [6, 6.07) is 0. The molecule has 1 atom stereocenters. The van der Waals surface area contributed by atoms with Crippen LogP contribution >= 0.6 is 0 Å². The van der Waals surface area contributed by atoms with Gasteiger partial charge in [-0.2, -0.15) is 13.2 Å². The van der Waals surface area contributed by atoms with Crippen LogP contribution in [0.4, 0.5) is 13.2 Å². The van der Waals surface area contributed by atoms with Crippen molar-refractivity contribution < 1.29 is 32.6 Å². The zero-order chi connectivity index (χ0) is 12.1. The van der Waals surface area contributed by atoms with Crippen molar-refractivity contribution in [1.82, 2.24) is 0 Å². The van der Waals surface area contributed by atoms with E-state index in [1.54, 1.807) is 0 Å². The number of halogens is 3. The highest BCUT2D eigenvalue weighted by atomic mass is 19.4. The first kappa shape index (κ1) is 13.9. The summed E-state index contributed by atoms with van der Waals surface area (Å²) in [7, 11) is 0. The molecule has 0 spiro atoms. The molecule has 88 valence electrons. The molecule has 0 aliphatic carbocycles. The van der Waals surface area contributed by atoms with Crippen LogP contribution in [0.2, 0.25) is 0 Å². The quantitative estimate of drug-likeness (QED) is 0.555. The Morgan fingerprint density at radius 3 is 2.27 bits per heavy atom. The van der Waals surface area contributed by atoms with Gasteiger partial charge < -0.3 is 9.84 Å². The fourth-order valence-electron chi connectivity index (χ4n) is 0.925. The van der Waals surface area contributed by atoms with Gasteiger partial charge in [0.2, 0.25) is 0 Å². The van der Waals surface area contributed by atoms with E-state index in [2.05, 4.69) is 4.74 Å². The number of rotatable bonds is 5. The van der Waals surface area contributed by atoms with Crippen LogP contribution in [-0.4, -0.2) is 36.2 Å². The fraction of sp³-hybridized carbons (Fsp3) is 0.750. The molecule has 4 nitrogen and oxygen atoms in total. The van der Waals surface area contributed by atoms with E-state index in [1.165, 1.54) is 6.92 Å². The molecule has 1 N–H and O–H groups in total. The number of alkyl halides is 3. The molecule has 0 unspecified atom stereocenters. The van der Waals surface area contributed by atoms with Crippen molar-refractivity contribution in [1.29, 1.82) is 0 Å². The molecule has 0 fully saturated rings. The molecule has 7 heteroatoms. The second kappa shape index (κ2) is 5.69. The largest absolute Gasteiger partial charge is 0.465 e. The lowest BCUT2D eigenvalue weighted by Crippen LogP contribution is -2.36. The Bertz CT molecular complexity index is 237. The average molecular weight is 228 g/mol. The van der Waals surface area contributed by atoms with Crippen LogP contribution in [0.15, 0.2) is 0 Å². The Morgan fingerprint density at radius 2 is 1.93 bits per heavy atom. The van der Waals surface area contributed by atoms with Crippen LogP contribution in [0.25, 0.3) is 0 Å². The maximum absolute atomic E-state index is 12.0. The van der Waals surface area contributed by atoms with Crippen LogP contribution in [-0.2, 0) is 14.3 Å². The Balaban J connectivity index is 4.66. The summed E-state index contributed by atoms with van der Waals surface area (Å²) >= 11 is 0. The molecule has 0 aliphatic rings. The second-order valence-electron chi connectivity index (χ2n) is 2.68. The second-order valence-corrected chi connectivity index (χ2v) is 2.68. The lowest BCUT2D eigenvalue weighted by atomic mass is 10.0. The number of aliphatic hydroxyl groups excluding tert-OH is 1. The number of ether oxygens (including phenoxy) is 1. The van der Waals surface area contributed by atoms with E-state index < -0.39 is 36.9 Å². The molecule has 0 aromatic rings. The van der Waals surface area contributed by atoms with Gasteiger partial charge in [0.05, 0.1) is 6.61 Å². The zero-order valence-corrected chi connectivity index (χ0v) is 8.00. The lowest BCUT2D eigenvalue weighted by Gasteiger charge is -2.14. The summed E-state index contributed by atoms with van der Waals surface area (Å²) in [6.45, 7) is 0.600. The van der Waals surface area contributed by atoms with Gasteiger partial charge in [-0.15, -0.1) is 0 Å². The van der Waals surface area contributed by atoms with Crippen molar-refractivity contribution in [3.8, 4) is 0 Å². The van der Waals surface area contributed by atoms with E-state index in [0.29, 0.717) is 0 Å². The molecule has 15 heavy (non-hydrogen) atoms. The molecule has 0 aromatic heterocycles. The highest BCUT2D eigenvalue weighted by Gasteiger charge is 2.46. The van der Waals surface area contributed by atoms with Crippen LogP contribution < -0.4 is 0 Å². The predicted molar refractivity (Wildman–Crippen MR) is 42.9 cm³/mol. The Morgan fingerprint density at radius 1 is 1.40 bits per heavy atom. The average Bonchev–Trinajstić information content (AvgIpc) is 2.12. The minimum atomic E-state index is -5.09. The smallest absolute Gasteiger partial charge is 0.450 e. The van der Waals surface area contributed by atoms with Gasteiger partial charge in [-0.05, 0) is 13.3 Å². The van der Waals surface area contributed by atoms with Crippen molar-refractivity contribution in [2.75, 3.05) is 13.2 Å². The number of hydrogen-bond donors (Lipinski definition) is 1. The maximum atomic E-state index is 12.0. The molecule has 0 radical (unpaired) electrons. The third kappa shape index (κ3) is 4.28. The number of carbonyl (C=O) groups is 2. The summed E-state index contributed by atoms with van der Waals surface area (Å²) in [5, 5.41) is 8.44. The molecule has 0 heterocycles. The molecule has 0 rings (SSSR count). The summed E-state index contributed by atoms with van der Waals surface area (Å²) < 4.78 is 40.3. The predicted octanol–water partition coefficient (Wildman–Crippen LogP) is 0.679. The van der Waals surface area contributed by atoms with Gasteiger partial charge >= 0.3 is 12.1 Å². The molecule has 0 bridgehead atoms. The van der Waals surface area contributed by atoms with Gasteiger partial charge in [0.25, 0.3) is 5.78 Å². The summed E-state index contributed by atoms with van der Waals surface area (Å²) in [5.41, 5.74) is 0. The van der Waals surface area contributed by atoms with Gasteiger partial charge in [0.1, 0.15) is 5.92 Å². The Kier molecular flexibility index (Phi) is 5.27. The third-order valence-corrected chi connectivity index (χ3v) is 1.58. The molecule has 0 aromatic carbocycles. The molecule has 0 saturated heterocycles. The minimum absolute atomic E-state index is 0.119. The number of aliphatic hydroxyl groups is 1. The minimum Gasteiger partial charge on any atom is -0.465 e. The first-order valence-corrected chi connectivity index (χ1v) is 4.23. The van der Waals surface area contributed by atoms with Crippen LogP contribution in [0, 0.1) is 5.92 Å². The number of Topliss-reactive ketones (excluding diaryl/α,β-unsaturated/α-hetero) is 1. The summed E-state index contributed by atoms with van der Waals surface area (Å²) in [6.07, 6.45) is -5.68. The van der Waals surface area contributed by atoms with Gasteiger partial charge in [0, 0.05) is 6.61 Å². The highest BCUT2D eigenvalue weighted by molar-refractivity contribution is 6.01. The van der Waals surface area contributed by atoms with Crippen LogP contribution in [0.1, 0.15) is 13.3 Å². The molecule has 0 aliphatic heterocycles. The summed E-state index contributed by atoms with van der Waals surface area (Å²) in [5.74, 6) is -5.40. The van der Waals surface area contributed by atoms with E-state index >= 15 is 0 Å². The standard InChI is InChI=1S/C8H11F3O4/c1-2-15-7(14)5(3-4-12)6(13)8(9,10)11/h5,12H,2-4H2,1H3/t5-/m0/s1. The Hall–Kier alpha value is -1.11. The monoisotopic (exact) mass is 228 g/mol. The first-order chi connectivity index (χ1) is 6.84. The molecule has 0 saturated carbocycles. The molecule has 0 amide bonds. The van der Waals surface area contributed by atoms with Crippen molar-refractivity contribution in [2.24, 2.45) is 5.92 Å². The van der Waals surface area contributed by atoms with E-state index in [1.807, 2.05) is 0 Å². The number of hydrogen-bond acceptors (Lipinski definition) is 4. The zero-order valence-electron chi connectivity index (χ0n) is 8.00. The highest BCUT2D eigenvalue weighted by Crippen LogP contribution is 2.23. The topological polar surface area (TPSA) is 63.6 Å². The van der Waals surface area contributed by atoms with Gasteiger partial charge in [-0.25, -0.2) is 0 Å². The first-order valence-electron chi connectivity index (χ1n) is 4.23. The van der Waals surface area contributed by atoms with Crippen LogP contribution in [0.5, 0.6) is 0 Å². The summed E-state index contributed by atoms with van der Waals surface area (Å²) in [4.78, 5) is 21.7. The molecular weight excluding hydrogens is 217 g/mol. The van der Waals surface area contributed by atoms with E-state index in [9.17, 15) is 22.8 Å². The van der Waals surface area contributed by atoms with Crippen molar-refractivity contribution >= 4 is 11.8 Å². The van der Waals surface area contributed by atoms with Crippen molar-refractivity contribution in [3.05, 3.63) is 0 Å². The Labute approximate surface area is 84.0 Å². The fourth-order valence-corrected chi connectivity index (χ4v) is 0.925. The van der Waals surface area contributed by atoms with Crippen LogP contribution in [0.3, 0.4) is 0 Å². The van der Waals surface area contributed by atoms with E-state index in [0.717, 1.165) is 0 Å². The van der Waals surface area contributed by atoms with Crippen molar-refractivity contribution in [3.63, 3.8) is 0 Å². The van der Waals surface area contributed by atoms with E-state index in [-0.39, 0.29) is 6.61 Å². The SMILES string of the molecule is CCOC(=O)[C@@H](CCO)C(=O)C(F)(F)F. The lowest BCUT2D eigenvalue weighted by molar-refractivity contribution is -0.181. The van der Waals surface area contributed by atoms with Crippen molar-refractivity contribution in [2.45, 2.75) is 19.5 Å². The third-order valence-electron chi connectivity index (χ3n) is 1.58. The van der Waals surface area contributed by atoms with E-state index in [4.69, 9.17) is 5.11 Å².